The summed E-state index contributed by atoms with van der Waals surface area (Å²) in [6.07, 6.45) is 3.04. The van der Waals surface area contributed by atoms with E-state index in [9.17, 15) is 8.42 Å². The van der Waals surface area contributed by atoms with E-state index in [1.165, 1.54) is 6.20 Å². The van der Waals surface area contributed by atoms with Gasteiger partial charge in [0, 0.05) is 29.9 Å². The first-order valence-corrected chi connectivity index (χ1v) is 7.00. The smallest absolute Gasteiger partial charge is 0.243 e. The van der Waals surface area contributed by atoms with Crippen LogP contribution in [0.15, 0.2) is 29.4 Å². The maximum absolute atomic E-state index is 12.3. The van der Waals surface area contributed by atoms with E-state index in [1.54, 1.807) is 32.2 Å². The fourth-order valence-corrected chi connectivity index (χ4v) is 3.20. The fourth-order valence-electron chi connectivity index (χ4n) is 1.61. The number of H-pyrrole nitrogens is 1. The van der Waals surface area contributed by atoms with Gasteiger partial charge in [-0.25, -0.2) is 18.1 Å². The van der Waals surface area contributed by atoms with Crippen molar-refractivity contribution in [1.82, 2.24) is 14.7 Å². The Kier molecular flexibility index (Phi) is 3.14. The molecule has 0 amide bonds. The first-order chi connectivity index (χ1) is 8.36. The molecule has 0 saturated heterocycles. The van der Waals surface area contributed by atoms with Gasteiger partial charge in [-0.05, 0) is 26.0 Å². The van der Waals surface area contributed by atoms with Gasteiger partial charge >= 0.3 is 0 Å². The lowest BCUT2D eigenvalue weighted by Crippen LogP contribution is -2.48. The van der Waals surface area contributed by atoms with Crippen LogP contribution in [0.2, 0.25) is 0 Å². The highest BCUT2D eigenvalue weighted by Gasteiger charge is 2.27. The monoisotopic (exact) mass is 268 g/mol. The number of aromatic nitrogens is 2. The van der Waals surface area contributed by atoms with Crippen molar-refractivity contribution >= 4 is 21.1 Å². The summed E-state index contributed by atoms with van der Waals surface area (Å²) in [6, 6.07) is 3.41. The van der Waals surface area contributed by atoms with Crippen molar-refractivity contribution in [2.45, 2.75) is 24.3 Å². The van der Waals surface area contributed by atoms with Gasteiger partial charge in [-0.15, -0.1) is 0 Å². The van der Waals surface area contributed by atoms with Crippen LogP contribution in [-0.4, -0.2) is 30.5 Å². The molecule has 18 heavy (non-hydrogen) atoms. The van der Waals surface area contributed by atoms with Gasteiger partial charge in [0.15, 0.2) is 0 Å². The van der Waals surface area contributed by atoms with Crippen molar-refractivity contribution in [3.63, 3.8) is 0 Å². The molecule has 2 heterocycles. The zero-order chi connectivity index (χ0) is 13.4. The summed E-state index contributed by atoms with van der Waals surface area (Å²) < 4.78 is 27.1. The highest BCUT2D eigenvalue weighted by Crippen LogP contribution is 2.21. The molecule has 7 heteroatoms. The molecule has 0 aliphatic carbocycles. The van der Waals surface area contributed by atoms with Crippen LogP contribution >= 0.6 is 0 Å². The number of hydrogen-bond acceptors (Lipinski definition) is 4. The third-order valence-corrected chi connectivity index (χ3v) is 4.36. The number of pyridine rings is 1. The minimum atomic E-state index is -3.61. The maximum atomic E-state index is 12.3. The minimum Gasteiger partial charge on any atom is -0.345 e. The molecule has 2 aromatic heterocycles. The number of rotatable bonds is 4. The molecule has 0 fully saturated rings. The van der Waals surface area contributed by atoms with Gasteiger partial charge in [0.2, 0.25) is 10.0 Å². The topological polar surface area (TPSA) is 101 Å². The Morgan fingerprint density at radius 1 is 1.50 bits per heavy atom. The van der Waals surface area contributed by atoms with Crippen LogP contribution in [0, 0.1) is 0 Å². The van der Waals surface area contributed by atoms with Gasteiger partial charge in [-0.1, -0.05) is 0 Å². The largest absolute Gasteiger partial charge is 0.345 e. The van der Waals surface area contributed by atoms with E-state index < -0.39 is 15.6 Å². The molecule has 0 spiro atoms. The Labute approximate surface area is 106 Å². The number of nitrogens with zero attached hydrogens (tertiary/aromatic N) is 1. The standard InChI is InChI=1S/C11H16N4O2S/c1-11(2,7-12)15-18(16,17)9-6-14-10-8(9)4-3-5-13-10/h3-6,15H,7,12H2,1-2H3,(H,13,14). The summed E-state index contributed by atoms with van der Waals surface area (Å²) >= 11 is 0. The molecule has 0 aliphatic rings. The number of fused-ring (bicyclic) bond motifs is 1. The molecule has 2 rings (SSSR count). The van der Waals surface area contributed by atoms with Crippen LogP contribution in [-0.2, 0) is 10.0 Å². The van der Waals surface area contributed by atoms with Crippen LogP contribution in [0.25, 0.3) is 11.0 Å². The van der Waals surface area contributed by atoms with Crippen LogP contribution in [0.1, 0.15) is 13.8 Å². The normalized spacial score (nSPS) is 13.1. The minimum absolute atomic E-state index is 0.187. The first kappa shape index (κ1) is 13.0. The van der Waals surface area contributed by atoms with Crippen molar-refractivity contribution in [2.75, 3.05) is 6.54 Å². The second-order valence-corrected chi connectivity index (χ2v) is 6.40. The third kappa shape index (κ3) is 2.38. The van der Waals surface area contributed by atoms with Crippen molar-refractivity contribution in [2.24, 2.45) is 5.73 Å². The van der Waals surface area contributed by atoms with Gasteiger partial charge < -0.3 is 10.7 Å². The van der Waals surface area contributed by atoms with E-state index >= 15 is 0 Å². The van der Waals surface area contributed by atoms with Crippen LogP contribution in [0.5, 0.6) is 0 Å². The molecule has 0 bridgehead atoms. The Morgan fingerprint density at radius 3 is 2.89 bits per heavy atom. The third-order valence-electron chi connectivity index (χ3n) is 2.62. The van der Waals surface area contributed by atoms with E-state index in [4.69, 9.17) is 5.73 Å². The Balaban J connectivity index is 2.48. The molecule has 0 radical (unpaired) electrons. The Morgan fingerprint density at radius 2 is 2.22 bits per heavy atom. The molecule has 4 N–H and O–H groups in total. The molecule has 0 aliphatic heterocycles. The average molecular weight is 268 g/mol. The molecular weight excluding hydrogens is 252 g/mol. The average Bonchev–Trinajstić information content (AvgIpc) is 2.72. The van der Waals surface area contributed by atoms with Crippen molar-refractivity contribution < 1.29 is 8.42 Å². The quantitative estimate of drug-likeness (QED) is 0.755. The molecule has 2 aromatic rings. The van der Waals surface area contributed by atoms with Gasteiger partial charge in [0.05, 0.1) is 0 Å². The molecule has 0 aromatic carbocycles. The van der Waals surface area contributed by atoms with Crippen molar-refractivity contribution in [3.8, 4) is 0 Å². The molecule has 6 nitrogen and oxygen atoms in total. The van der Waals surface area contributed by atoms with Gasteiger partial charge in [-0.2, -0.15) is 0 Å². The van der Waals surface area contributed by atoms with Crippen molar-refractivity contribution in [1.29, 1.82) is 0 Å². The highest BCUT2D eigenvalue weighted by molar-refractivity contribution is 7.89. The summed E-state index contributed by atoms with van der Waals surface area (Å²) in [5, 5.41) is 0.567. The van der Waals surface area contributed by atoms with Crippen LogP contribution < -0.4 is 10.5 Å². The summed E-state index contributed by atoms with van der Waals surface area (Å²) in [7, 11) is -3.61. The van der Waals surface area contributed by atoms with Gasteiger partial charge in [0.1, 0.15) is 10.5 Å². The molecule has 0 unspecified atom stereocenters. The second-order valence-electron chi connectivity index (χ2n) is 4.75. The summed E-state index contributed by atoms with van der Waals surface area (Å²) in [5.74, 6) is 0. The summed E-state index contributed by atoms with van der Waals surface area (Å²) in [4.78, 5) is 7.08. The van der Waals surface area contributed by atoms with Gasteiger partial charge in [-0.3, -0.25) is 0 Å². The first-order valence-electron chi connectivity index (χ1n) is 5.52. The Bertz CT molecular complexity index is 660. The van der Waals surface area contributed by atoms with E-state index in [0.717, 1.165) is 0 Å². The number of aromatic amines is 1. The number of nitrogens with one attached hydrogen (secondary N) is 2. The van der Waals surface area contributed by atoms with Crippen molar-refractivity contribution in [3.05, 3.63) is 24.5 Å². The SMILES string of the molecule is CC(C)(CN)NS(=O)(=O)c1c[nH]c2ncccc12. The molecular formula is C11H16N4O2S. The highest BCUT2D eigenvalue weighted by atomic mass is 32.2. The van der Waals surface area contributed by atoms with E-state index in [2.05, 4.69) is 14.7 Å². The zero-order valence-corrected chi connectivity index (χ0v) is 11.1. The van der Waals surface area contributed by atoms with Crippen LogP contribution in [0.3, 0.4) is 0 Å². The maximum Gasteiger partial charge on any atom is 0.243 e. The van der Waals surface area contributed by atoms with Crippen LogP contribution in [0.4, 0.5) is 0 Å². The zero-order valence-electron chi connectivity index (χ0n) is 10.3. The lowest BCUT2D eigenvalue weighted by molar-refractivity contribution is 0.463. The van der Waals surface area contributed by atoms with Gasteiger partial charge in [0.25, 0.3) is 0 Å². The lowest BCUT2D eigenvalue weighted by Gasteiger charge is -2.23. The fraction of sp³-hybridized carbons (Fsp3) is 0.364. The predicted molar refractivity (Wildman–Crippen MR) is 69.5 cm³/mol. The molecule has 0 atom stereocenters. The number of hydrogen-bond donors (Lipinski definition) is 3. The molecule has 0 saturated carbocycles. The Hall–Kier alpha value is -1.44. The summed E-state index contributed by atoms with van der Waals surface area (Å²) in [5.41, 5.74) is 5.39. The number of sulfonamides is 1. The second kappa shape index (κ2) is 4.34. The predicted octanol–water partition coefficient (Wildman–Crippen LogP) is 0.579. The van der Waals surface area contributed by atoms with E-state index in [-0.39, 0.29) is 11.4 Å². The number of nitrogens with two attached hydrogens (primary N) is 1. The van der Waals surface area contributed by atoms with E-state index in [1.807, 2.05) is 0 Å². The summed E-state index contributed by atoms with van der Waals surface area (Å²) in [6.45, 7) is 3.68. The lowest BCUT2D eigenvalue weighted by atomic mass is 10.1. The molecule has 98 valence electrons. The van der Waals surface area contributed by atoms with E-state index in [0.29, 0.717) is 11.0 Å².